The van der Waals surface area contributed by atoms with Gasteiger partial charge >= 0.3 is 5.97 Å². The lowest BCUT2D eigenvalue weighted by Gasteiger charge is -2.12. The number of aryl methyl sites for hydroxylation is 2. The minimum Gasteiger partial charge on any atom is -0.464 e. The molecule has 2 rings (SSSR count). The Hall–Kier alpha value is -2.30. The van der Waals surface area contributed by atoms with Gasteiger partial charge in [-0.2, -0.15) is 0 Å². The summed E-state index contributed by atoms with van der Waals surface area (Å²) in [6, 6.07) is 7.91. The van der Waals surface area contributed by atoms with Crippen LogP contribution in [-0.4, -0.2) is 22.6 Å². The molecule has 0 spiro atoms. The summed E-state index contributed by atoms with van der Waals surface area (Å²) in [6.45, 7) is 3.89. The number of nitrogens with two attached hydrogens (primary N) is 1. The van der Waals surface area contributed by atoms with E-state index in [1.54, 1.807) is 4.57 Å². The summed E-state index contributed by atoms with van der Waals surface area (Å²) < 4.78 is 6.47. The largest absolute Gasteiger partial charge is 0.464 e. The Labute approximate surface area is 112 Å². The molecule has 1 aromatic carbocycles. The molecule has 0 aliphatic rings. The van der Waals surface area contributed by atoms with Crippen LogP contribution >= 0.6 is 0 Å². The first-order chi connectivity index (χ1) is 9.10. The van der Waals surface area contributed by atoms with Crippen molar-refractivity contribution in [2.24, 2.45) is 0 Å². The van der Waals surface area contributed by atoms with Crippen molar-refractivity contribution in [2.75, 3.05) is 12.8 Å². The summed E-state index contributed by atoms with van der Waals surface area (Å²) in [5.41, 5.74) is 8.29. The first kappa shape index (κ1) is 13.1. The highest BCUT2D eigenvalue weighted by atomic mass is 16.5. The molecule has 0 atom stereocenters. The Balaban J connectivity index is 2.63. The average molecular weight is 259 g/mol. The second-order valence-electron chi connectivity index (χ2n) is 4.20. The van der Waals surface area contributed by atoms with Crippen molar-refractivity contribution in [1.29, 1.82) is 0 Å². The van der Waals surface area contributed by atoms with Gasteiger partial charge in [0.1, 0.15) is 11.6 Å². The van der Waals surface area contributed by atoms with Crippen LogP contribution in [0.5, 0.6) is 0 Å². The fourth-order valence-corrected chi connectivity index (χ4v) is 2.13. The van der Waals surface area contributed by atoms with Gasteiger partial charge in [-0.1, -0.05) is 25.1 Å². The Morgan fingerprint density at radius 3 is 2.74 bits per heavy atom. The lowest BCUT2D eigenvalue weighted by Crippen LogP contribution is -2.08. The predicted molar refractivity (Wildman–Crippen MR) is 73.4 cm³/mol. The van der Waals surface area contributed by atoms with Crippen LogP contribution in [0, 0.1) is 6.92 Å². The summed E-state index contributed by atoms with van der Waals surface area (Å²) in [6.07, 6.45) is 0.876. The summed E-state index contributed by atoms with van der Waals surface area (Å²) in [5, 5.41) is 0. The molecule has 5 nitrogen and oxygen atoms in total. The SMILES string of the molecule is CCc1ccccc1-n1c(C)nc(C(=O)OC)c1N. The van der Waals surface area contributed by atoms with Crippen LogP contribution in [0.25, 0.3) is 5.69 Å². The maximum absolute atomic E-state index is 11.6. The Kier molecular flexibility index (Phi) is 3.55. The van der Waals surface area contributed by atoms with Gasteiger partial charge in [0.2, 0.25) is 0 Å². The number of anilines is 1. The molecule has 2 N–H and O–H groups in total. The monoisotopic (exact) mass is 259 g/mol. The molecule has 0 bridgehead atoms. The molecule has 19 heavy (non-hydrogen) atoms. The van der Waals surface area contributed by atoms with Crippen molar-refractivity contribution >= 4 is 11.8 Å². The number of rotatable bonds is 3. The standard InChI is InChI=1S/C14H17N3O2/c1-4-10-7-5-6-8-11(10)17-9(2)16-12(13(17)15)14(18)19-3/h5-8H,4,15H2,1-3H3. The third-order valence-electron chi connectivity index (χ3n) is 3.07. The van der Waals surface area contributed by atoms with Gasteiger partial charge in [0, 0.05) is 0 Å². The van der Waals surface area contributed by atoms with E-state index in [1.165, 1.54) is 7.11 Å². The number of imidazole rings is 1. The van der Waals surface area contributed by atoms with Crippen molar-refractivity contribution in [3.8, 4) is 5.69 Å². The van der Waals surface area contributed by atoms with Crippen molar-refractivity contribution < 1.29 is 9.53 Å². The number of methoxy groups -OCH3 is 1. The molecule has 1 aromatic heterocycles. The number of hydrogen-bond acceptors (Lipinski definition) is 4. The average Bonchev–Trinajstić information content (AvgIpc) is 2.73. The van der Waals surface area contributed by atoms with Gasteiger partial charge in [0.05, 0.1) is 12.8 Å². The van der Waals surface area contributed by atoms with Crippen molar-refractivity contribution in [1.82, 2.24) is 9.55 Å². The van der Waals surface area contributed by atoms with Gasteiger partial charge < -0.3 is 10.5 Å². The van der Waals surface area contributed by atoms with Crippen LogP contribution in [0.3, 0.4) is 0 Å². The molecular formula is C14H17N3O2. The van der Waals surface area contributed by atoms with Crippen LogP contribution in [0.2, 0.25) is 0 Å². The van der Waals surface area contributed by atoms with Gasteiger partial charge in [-0.05, 0) is 25.0 Å². The molecule has 0 unspecified atom stereocenters. The predicted octanol–water partition coefficient (Wildman–Crippen LogP) is 2.11. The molecule has 0 aliphatic heterocycles. The fraction of sp³-hybridized carbons (Fsp3) is 0.286. The van der Waals surface area contributed by atoms with Crippen molar-refractivity contribution in [2.45, 2.75) is 20.3 Å². The number of nitrogens with zero attached hydrogens (tertiary/aromatic N) is 2. The van der Waals surface area contributed by atoms with E-state index >= 15 is 0 Å². The van der Waals surface area contributed by atoms with E-state index < -0.39 is 5.97 Å². The highest BCUT2D eigenvalue weighted by molar-refractivity contribution is 5.92. The molecule has 0 saturated carbocycles. The highest BCUT2D eigenvalue weighted by Gasteiger charge is 2.20. The molecule has 0 aliphatic carbocycles. The maximum Gasteiger partial charge on any atom is 0.360 e. The third kappa shape index (κ3) is 2.19. The number of aromatic nitrogens is 2. The summed E-state index contributed by atoms with van der Waals surface area (Å²) >= 11 is 0. The van der Waals surface area contributed by atoms with E-state index in [2.05, 4.69) is 16.6 Å². The maximum atomic E-state index is 11.6. The highest BCUT2D eigenvalue weighted by Crippen LogP contribution is 2.24. The Bertz CT molecular complexity index is 617. The molecule has 0 saturated heterocycles. The Morgan fingerprint density at radius 1 is 1.42 bits per heavy atom. The molecule has 0 amide bonds. The van der Waals surface area contributed by atoms with E-state index in [-0.39, 0.29) is 5.69 Å². The van der Waals surface area contributed by atoms with E-state index in [4.69, 9.17) is 5.73 Å². The lowest BCUT2D eigenvalue weighted by atomic mass is 10.1. The first-order valence-electron chi connectivity index (χ1n) is 6.11. The van der Waals surface area contributed by atoms with Crippen molar-refractivity contribution in [3.05, 3.63) is 41.3 Å². The minimum atomic E-state index is -0.520. The van der Waals surface area contributed by atoms with Crippen LogP contribution < -0.4 is 5.73 Å². The zero-order valence-electron chi connectivity index (χ0n) is 11.3. The number of ether oxygens (including phenoxy) is 1. The number of carbonyl (C=O) groups is 1. The second-order valence-corrected chi connectivity index (χ2v) is 4.20. The zero-order valence-corrected chi connectivity index (χ0v) is 11.3. The van der Waals surface area contributed by atoms with E-state index in [9.17, 15) is 4.79 Å². The Morgan fingerprint density at radius 2 is 2.11 bits per heavy atom. The fourth-order valence-electron chi connectivity index (χ4n) is 2.13. The normalized spacial score (nSPS) is 10.5. The van der Waals surface area contributed by atoms with Gasteiger partial charge in [-0.25, -0.2) is 9.78 Å². The topological polar surface area (TPSA) is 70.1 Å². The molecule has 0 fully saturated rings. The van der Waals surface area contributed by atoms with Crippen LogP contribution in [0.4, 0.5) is 5.82 Å². The summed E-state index contributed by atoms with van der Waals surface area (Å²) in [4.78, 5) is 15.8. The number of carbonyl (C=O) groups excluding carboxylic acids is 1. The van der Waals surface area contributed by atoms with Crippen LogP contribution in [0.15, 0.2) is 24.3 Å². The van der Waals surface area contributed by atoms with Gasteiger partial charge in [0.15, 0.2) is 5.69 Å². The van der Waals surface area contributed by atoms with Crippen LogP contribution in [0.1, 0.15) is 28.8 Å². The van der Waals surface area contributed by atoms with E-state index in [0.29, 0.717) is 11.6 Å². The lowest BCUT2D eigenvalue weighted by molar-refractivity contribution is 0.0596. The second kappa shape index (κ2) is 5.14. The molecule has 1 heterocycles. The van der Waals surface area contributed by atoms with Gasteiger partial charge in [0.25, 0.3) is 0 Å². The summed E-state index contributed by atoms with van der Waals surface area (Å²) in [5.74, 6) is 0.456. The van der Waals surface area contributed by atoms with E-state index in [1.807, 2.05) is 31.2 Å². The summed E-state index contributed by atoms with van der Waals surface area (Å²) in [7, 11) is 1.32. The van der Waals surface area contributed by atoms with Gasteiger partial charge in [-0.3, -0.25) is 4.57 Å². The molecule has 2 aromatic rings. The molecule has 100 valence electrons. The number of benzene rings is 1. The minimum absolute atomic E-state index is 0.158. The first-order valence-corrected chi connectivity index (χ1v) is 6.11. The smallest absolute Gasteiger partial charge is 0.360 e. The number of hydrogen-bond donors (Lipinski definition) is 1. The van der Waals surface area contributed by atoms with E-state index in [0.717, 1.165) is 17.7 Å². The molecule has 0 radical (unpaired) electrons. The van der Waals surface area contributed by atoms with Crippen LogP contribution in [-0.2, 0) is 11.2 Å². The number of esters is 1. The number of para-hydroxylation sites is 1. The molecule has 5 heteroatoms. The quantitative estimate of drug-likeness (QED) is 0.857. The zero-order chi connectivity index (χ0) is 14.0. The van der Waals surface area contributed by atoms with Crippen molar-refractivity contribution in [3.63, 3.8) is 0 Å². The van der Waals surface area contributed by atoms with Gasteiger partial charge in [-0.15, -0.1) is 0 Å². The third-order valence-corrected chi connectivity index (χ3v) is 3.07. The molecular weight excluding hydrogens is 242 g/mol. The number of nitrogen functional groups attached to an aromatic ring is 1.